The summed E-state index contributed by atoms with van der Waals surface area (Å²) < 4.78 is 0. The van der Waals surface area contributed by atoms with E-state index in [2.05, 4.69) is 29.1 Å². The van der Waals surface area contributed by atoms with E-state index in [1.54, 1.807) is 0 Å². The Labute approximate surface area is 155 Å². The van der Waals surface area contributed by atoms with Crippen molar-refractivity contribution in [3.63, 3.8) is 0 Å². The van der Waals surface area contributed by atoms with E-state index in [0.717, 1.165) is 55.4 Å². The number of likely N-dealkylation sites (tertiary alicyclic amines) is 1. The normalized spacial score (nSPS) is 15.3. The predicted molar refractivity (Wildman–Crippen MR) is 104 cm³/mol. The van der Waals surface area contributed by atoms with Crippen molar-refractivity contribution < 1.29 is 4.79 Å². The zero-order valence-corrected chi connectivity index (χ0v) is 15.9. The Balaban J connectivity index is 1.51. The van der Waals surface area contributed by atoms with E-state index in [4.69, 9.17) is 0 Å². The summed E-state index contributed by atoms with van der Waals surface area (Å²) in [5.74, 6) is 2.82. The highest BCUT2D eigenvalue weighted by Crippen LogP contribution is 2.20. The van der Waals surface area contributed by atoms with Crippen LogP contribution in [0.3, 0.4) is 0 Å². The van der Waals surface area contributed by atoms with Gasteiger partial charge in [0.25, 0.3) is 5.91 Å². The van der Waals surface area contributed by atoms with Crippen LogP contribution in [0.5, 0.6) is 0 Å². The molecule has 2 aromatic rings. The minimum absolute atomic E-state index is 0.144. The molecule has 1 fully saturated rings. The zero-order chi connectivity index (χ0) is 18.5. The van der Waals surface area contributed by atoms with Gasteiger partial charge in [-0.15, -0.1) is 0 Å². The van der Waals surface area contributed by atoms with E-state index in [1.807, 2.05) is 48.2 Å². The summed E-state index contributed by atoms with van der Waals surface area (Å²) in [4.78, 5) is 23.6. The van der Waals surface area contributed by atoms with Crippen LogP contribution in [-0.4, -0.2) is 40.4 Å². The summed E-state index contributed by atoms with van der Waals surface area (Å²) in [5, 5.41) is 3.47. The molecule has 1 amide bonds. The maximum Gasteiger partial charge on any atom is 0.253 e. The van der Waals surface area contributed by atoms with Gasteiger partial charge in [0.05, 0.1) is 0 Å². The number of benzene rings is 1. The minimum Gasteiger partial charge on any atom is -0.370 e. The van der Waals surface area contributed by atoms with Crippen LogP contribution in [-0.2, 0) is 0 Å². The van der Waals surface area contributed by atoms with E-state index >= 15 is 0 Å². The first-order valence-corrected chi connectivity index (χ1v) is 9.46. The van der Waals surface area contributed by atoms with Crippen molar-refractivity contribution in [2.75, 3.05) is 25.0 Å². The summed E-state index contributed by atoms with van der Waals surface area (Å²) in [7, 11) is 0. The quantitative estimate of drug-likeness (QED) is 0.887. The lowest BCUT2D eigenvalue weighted by Crippen LogP contribution is -2.39. The number of nitrogens with zero attached hydrogens (tertiary/aromatic N) is 3. The van der Waals surface area contributed by atoms with Gasteiger partial charge in [-0.2, -0.15) is 0 Å². The molecular weight excluding hydrogens is 324 g/mol. The van der Waals surface area contributed by atoms with Gasteiger partial charge in [0.1, 0.15) is 11.6 Å². The number of carbonyl (C=O) groups is 1. The number of hydrogen-bond donors (Lipinski definition) is 1. The van der Waals surface area contributed by atoms with Crippen LogP contribution in [0.2, 0.25) is 0 Å². The number of nitrogens with one attached hydrogen (secondary N) is 1. The average molecular weight is 352 g/mol. The van der Waals surface area contributed by atoms with E-state index < -0.39 is 0 Å². The second kappa shape index (κ2) is 8.30. The van der Waals surface area contributed by atoms with Crippen LogP contribution in [0.15, 0.2) is 36.4 Å². The van der Waals surface area contributed by atoms with Crippen molar-refractivity contribution in [1.29, 1.82) is 0 Å². The van der Waals surface area contributed by atoms with Gasteiger partial charge in [0.15, 0.2) is 0 Å². The molecule has 0 bridgehead atoms. The first-order valence-electron chi connectivity index (χ1n) is 9.46. The fraction of sp³-hybridized carbons (Fsp3) is 0.476. The second-order valence-electron chi connectivity index (χ2n) is 7.39. The molecule has 0 spiro atoms. The molecule has 0 saturated carbocycles. The SMILES string of the molecule is Cc1cc(NCC2CCN(C(=O)c3ccccc3)CC2)nc(C(C)C)n1. The maximum absolute atomic E-state index is 12.5. The number of hydrogen-bond acceptors (Lipinski definition) is 4. The van der Waals surface area contributed by atoms with Crippen LogP contribution in [0.1, 0.15) is 54.5 Å². The molecule has 1 aliphatic rings. The molecule has 5 nitrogen and oxygen atoms in total. The monoisotopic (exact) mass is 352 g/mol. The summed E-state index contributed by atoms with van der Waals surface area (Å²) in [6, 6.07) is 11.5. The van der Waals surface area contributed by atoms with E-state index in [-0.39, 0.29) is 5.91 Å². The van der Waals surface area contributed by atoms with E-state index in [9.17, 15) is 4.79 Å². The molecule has 1 aliphatic heterocycles. The highest BCUT2D eigenvalue weighted by Gasteiger charge is 2.23. The molecule has 1 aromatic carbocycles. The highest BCUT2D eigenvalue weighted by molar-refractivity contribution is 5.94. The summed E-state index contributed by atoms with van der Waals surface area (Å²) in [5.41, 5.74) is 1.77. The van der Waals surface area contributed by atoms with Gasteiger partial charge in [-0.1, -0.05) is 32.0 Å². The molecule has 0 unspecified atom stereocenters. The van der Waals surface area contributed by atoms with Crippen LogP contribution >= 0.6 is 0 Å². The van der Waals surface area contributed by atoms with Crippen molar-refractivity contribution in [2.24, 2.45) is 5.92 Å². The molecular formula is C21H28N4O. The van der Waals surface area contributed by atoms with Gasteiger partial charge in [-0.25, -0.2) is 9.97 Å². The predicted octanol–water partition coefficient (Wildman–Crippen LogP) is 3.87. The number of anilines is 1. The van der Waals surface area contributed by atoms with Crippen LogP contribution in [0.25, 0.3) is 0 Å². The van der Waals surface area contributed by atoms with Gasteiger partial charge in [-0.3, -0.25) is 4.79 Å². The molecule has 1 saturated heterocycles. The molecule has 1 N–H and O–H groups in total. The standard InChI is InChI=1S/C21H28N4O/c1-15(2)20-23-16(3)13-19(24-20)22-14-17-9-11-25(12-10-17)21(26)18-7-5-4-6-8-18/h4-8,13,15,17H,9-12,14H2,1-3H3,(H,22,23,24). The second-order valence-corrected chi connectivity index (χ2v) is 7.39. The van der Waals surface area contributed by atoms with Crippen molar-refractivity contribution in [1.82, 2.24) is 14.9 Å². The number of aromatic nitrogens is 2. The molecule has 5 heteroatoms. The van der Waals surface area contributed by atoms with Crippen molar-refractivity contribution in [3.8, 4) is 0 Å². The highest BCUT2D eigenvalue weighted by atomic mass is 16.2. The Bertz CT molecular complexity index is 737. The number of piperidine rings is 1. The molecule has 0 aliphatic carbocycles. The van der Waals surface area contributed by atoms with Gasteiger partial charge in [0, 0.05) is 42.9 Å². The fourth-order valence-electron chi connectivity index (χ4n) is 3.29. The Morgan fingerprint density at radius 2 is 1.88 bits per heavy atom. The molecule has 0 atom stereocenters. The lowest BCUT2D eigenvalue weighted by atomic mass is 9.96. The van der Waals surface area contributed by atoms with E-state index in [0.29, 0.717) is 11.8 Å². The Kier molecular flexibility index (Phi) is 5.86. The average Bonchev–Trinajstić information content (AvgIpc) is 2.66. The van der Waals surface area contributed by atoms with Gasteiger partial charge in [0.2, 0.25) is 0 Å². The number of rotatable bonds is 5. The van der Waals surface area contributed by atoms with Crippen molar-refractivity contribution in [2.45, 2.75) is 39.5 Å². The molecule has 0 radical (unpaired) electrons. The van der Waals surface area contributed by atoms with Gasteiger partial charge < -0.3 is 10.2 Å². The molecule has 138 valence electrons. The largest absolute Gasteiger partial charge is 0.370 e. The molecule has 26 heavy (non-hydrogen) atoms. The minimum atomic E-state index is 0.144. The van der Waals surface area contributed by atoms with E-state index in [1.165, 1.54) is 0 Å². The number of aryl methyl sites for hydroxylation is 1. The Morgan fingerprint density at radius 1 is 1.19 bits per heavy atom. The van der Waals surface area contributed by atoms with Crippen LogP contribution in [0.4, 0.5) is 5.82 Å². The maximum atomic E-state index is 12.5. The number of amides is 1. The summed E-state index contributed by atoms with van der Waals surface area (Å²) in [6.07, 6.45) is 2.04. The number of carbonyl (C=O) groups excluding carboxylic acids is 1. The van der Waals surface area contributed by atoms with Gasteiger partial charge in [-0.05, 0) is 37.8 Å². The van der Waals surface area contributed by atoms with Crippen molar-refractivity contribution in [3.05, 3.63) is 53.5 Å². The summed E-state index contributed by atoms with van der Waals surface area (Å²) >= 11 is 0. The molecule has 2 heterocycles. The third-order valence-corrected chi connectivity index (χ3v) is 4.88. The van der Waals surface area contributed by atoms with Crippen LogP contribution in [0, 0.1) is 12.8 Å². The first kappa shape index (κ1) is 18.4. The summed E-state index contributed by atoms with van der Waals surface area (Å²) in [6.45, 7) is 8.75. The fourth-order valence-corrected chi connectivity index (χ4v) is 3.29. The smallest absolute Gasteiger partial charge is 0.253 e. The van der Waals surface area contributed by atoms with Crippen molar-refractivity contribution >= 4 is 11.7 Å². The van der Waals surface area contributed by atoms with Gasteiger partial charge >= 0.3 is 0 Å². The first-order chi connectivity index (χ1) is 12.5. The Hall–Kier alpha value is -2.43. The topological polar surface area (TPSA) is 58.1 Å². The van der Waals surface area contributed by atoms with Crippen LogP contribution < -0.4 is 5.32 Å². The molecule has 1 aromatic heterocycles. The molecule has 3 rings (SSSR count). The lowest BCUT2D eigenvalue weighted by molar-refractivity contribution is 0.0695. The third-order valence-electron chi connectivity index (χ3n) is 4.88. The zero-order valence-electron chi connectivity index (χ0n) is 15.9. The third kappa shape index (κ3) is 4.59. The lowest BCUT2D eigenvalue weighted by Gasteiger charge is -2.32. The Morgan fingerprint density at radius 3 is 2.54 bits per heavy atom.